The van der Waals surface area contributed by atoms with E-state index in [0.29, 0.717) is 5.56 Å². The van der Waals surface area contributed by atoms with Gasteiger partial charge in [-0.2, -0.15) is 0 Å². The van der Waals surface area contributed by atoms with Crippen LogP contribution in [0.4, 0.5) is 0 Å². The van der Waals surface area contributed by atoms with Crippen LogP contribution >= 0.6 is 15.9 Å². The van der Waals surface area contributed by atoms with Crippen LogP contribution in [0.1, 0.15) is 17.2 Å². The van der Waals surface area contributed by atoms with Gasteiger partial charge in [0, 0.05) is 23.3 Å². The molecular weight excluding hydrogens is 280 g/mol. The van der Waals surface area contributed by atoms with E-state index in [-0.39, 0.29) is 11.6 Å². The summed E-state index contributed by atoms with van der Waals surface area (Å²) in [5.74, 6) is 0. The van der Waals surface area contributed by atoms with Crippen molar-refractivity contribution in [2.75, 3.05) is 0 Å². The average molecular weight is 293 g/mol. The maximum Gasteiger partial charge on any atom is 0.255 e. The first-order valence-corrected chi connectivity index (χ1v) is 6.05. The van der Waals surface area contributed by atoms with Crippen LogP contribution in [-0.2, 0) is 7.05 Å². The number of halogens is 1. The Bertz CT molecular complexity index is 575. The van der Waals surface area contributed by atoms with Crippen molar-refractivity contribution in [3.8, 4) is 0 Å². The quantitative estimate of drug-likeness (QED) is 0.922. The van der Waals surface area contributed by atoms with Gasteiger partial charge in [0.25, 0.3) is 5.56 Å². The molecule has 2 aromatic rings. The van der Waals surface area contributed by atoms with Crippen molar-refractivity contribution >= 4 is 15.9 Å². The Morgan fingerprint density at radius 1 is 1.24 bits per heavy atom. The van der Waals surface area contributed by atoms with Gasteiger partial charge in [-0.3, -0.25) is 4.79 Å². The molecule has 0 saturated heterocycles. The Labute approximate surface area is 108 Å². The lowest BCUT2D eigenvalue weighted by Gasteiger charge is -2.12. The Morgan fingerprint density at radius 3 is 2.53 bits per heavy atom. The van der Waals surface area contributed by atoms with Gasteiger partial charge in [0.2, 0.25) is 0 Å². The Morgan fingerprint density at radius 2 is 1.88 bits per heavy atom. The number of aromatic nitrogens is 1. The molecule has 0 bridgehead atoms. The van der Waals surface area contributed by atoms with Crippen molar-refractivity contribution in [2.45, 2.75) is 6.04 Å². The van der Waals surface area contributed by atoms with E-state index in [9.17, 15) is 4.79 Å². The highest BCUT2D eigenvalue weighted by molar-refractivity contribution is 9.10. The van der Waals surface area contributed by atoms with Crippen molar-refractivity contribution in [2.24, 2.45) is 12.8 Å². The van der Waals surface area contributed by atoms with Gasteiger partial charge in [-0.15, -0.1) is 0 Å². The predicted octanol–water partition coefficient (Wildman–Crippen LogP) is 2.20. The van der Waals surface area contributed by atoms with Crippen LogP contribution in [0.15, 0.2) is 51.9 Å². The molecular formula is C13H13BrN2O. The van der Waals surface area contributed by atoms with E-state index in [1.54, 1.807) is 19.3 Å². The number of rotatable bonds is 2. The number of nitrogens with two attached hydrogens (primary N) is 1. The number of hydrogen-bond acceptors (Lipinski definition) is 2. The minimum absolute atomic E-state index is 0.0529. The van der Waals surface area contributed by atoms with E-state index < -0.39 is 0 Å². The molecule has 2 N–H and O–H groups in total. The molecule has 4 heteroatoms. The lowest BCUT2D eigenvalue weighted by Crippen LogP contribution is -2.26. The largest absolute Gasteiger partial charge is 0.320 e. The first-order valence-electron chi connectivity index (χ1n) is 5.26. The van der Waals surface area contributed by atoms with Gasteiger partial charge in [0.05, 0.1) is 6.04 Å². The number of pyridine rings is 1. The summed E-state index contributed by atoms with van der Waals surface area (Å²) >= 11 is 3.37. The van der Waals surface area contributed by atoms with E-state index in [1.165, 1.54) is 4.57 Å². The van der Waals surface area contributed by atoms with E-state index in [4.69, 9.17) is 5.73 Å². The number of nitrogens with zero attached hydrogens (tertiary/aromatic N) is 1. The normalized spacial score (nSPS) is 12.4. The molecule has 3 nitrogen and oxygen atoms in total. The summed E-state index contributed by atoms with van der Waals surface area (Å²) in [6.45, 7) is 0. The van der Waals surface area contributed by atoms with Crippen molar-refractivity contribution < 1.29 is 0 Å². The topological polar surface area (TPSA) is 48.0 Å². The summed E-state index contributed by atoms with van der Waals surface area (Å²) in [5.41, 5.74) is 7.59. The van der Waals surface area contributed by atoms with Crippen molar-refractivity contribution in [3.63, 3.8) is 0 Å². The van der Waals surface area contributed by atoms with Gasteiger partial charge >= 0.3 is 0 Å². The fraction of sp³-hybridized carbons (Fsp3) is 0.154. The van der Waals surface area contributed by atoms with Gasteiger partial charge in [-0.05, 0) is 23.8 Å². The first kappa shape index (κ1) is 12.1. The highest BCUT2D eigenvalue weighted by Gasteiger charge is 2.12. The molecule has 1 aromatic heterocycles. The zero-order chi connectivity index (χ0) is 12.4. The van der Waals surface area contributed by atoms with Gasteiger partial charge in [-0.1, -0.05) is 34.1 Å². The minimum Gasteiger partial charge on any atom is -0.320 e. The maximum atomic E-state index is 11.9. The third-order valence-corrected chi connectivity index (χ3v) is 3.25. The Hall–Kier alpha value is -1.39. The van der Waals surface area contributed by atoms with Crippen LogP contribution < -0.4 is 11.3 Å². The van der Waals surface area contributed by atoms with E-state index in [2.05, 4.69) is 15.9 Å². The minimum atomic E-state index is -0.386. The molecule has 17 heavy (non-hydrogen) atoms. The molecule has 0 aliphatic heterocycles. The lowest BCUT2D eigenvalue weighted by molar-refractivity contribution is 0.784. The molecule has 1 aromatic carbocycles. The van der Waals surface area contributed by atoms with Gasteiger partial charge in [-0.25, -0.2) is 0 Å². The summed E-state index contributed by atoms with van der Waals surface area (Å²) in [5, 5.41) is 0. The summed E-state index contributed by atoms with van der Waals surface area (Å²) < 4.78 is 2.53. The fourth-order valence-corrected chi connectivity index (χ4v) is 1.97. The summed E-state index contributed by atoms with van der Waals surface area (Å²) in [6.07, 6.45) is 1.72. The van der Waals surface area contributed by atoms with Crippen molar-refractivity contribution in [1.29, 1.82) is 0 Å². The Kier molecular flexibility index (Phi) is 3.45. The second-order valence-corrected chi connectivity index (χ2v) is 4.82. The third kappa shape index (κ3) is 2.48. The van der Waals surface area contributed by atoms with E-state index >= 15 is 0 Å². The van der Waals surface area contributed by atoms with Crippen LogP contribution in [0, 0.1) is 0 Å². The van der Waals surface area contributed by atoms with Crippen molar-refractivity contribution in [3.05, 3.63) is 68.5 Å². The third-order valence-electron chi connectivity index (χ3n) is 2.72. The average Bonchev–Trinajstić information content (AvgIpc) is 2.33. The zero-order valence-electron chi connectivity index (χ0n) is 9.43. The van der Waals surface area contributed by atoms with Crippen LogP contribution in [0.5, 0.6) is 0 Å². The first-order chi connectivity index (χ1) is 8.09. The summed E-state index contributed by atoms with van der Waals surface area (Å²) in [4.78, 5) is 11.9. The second-order valence-electron chi connectivity index (χ2n) is 3.91. The molecule has 2 rings (SSSR count). The SMILES string of the molecule is Cn1cccc(C(N)c2ccc(Br)cc2)c1=O. The van der Waals surface area contributed by atoms with Crippen LogP contribution in [0.2, 0.25) is 0 Å². The summed E-state index contributed by atoms with van der Waals surface area (Å²) in [6, 6.07) is 10.9. The smallest absolute Gasteiger partial charge is 0.255 e. The van der Waals surface area contributed by atoms with Crippen LogP contribution in [0.25, 0.3) is 0 Å². The molecule has 1 atom stereocenters. The van der Waals surface area contributed by atoms with Crippen LogP contribution in [0.3, 0.4) is 0 Å². The number of benzene rings is 1. The number of aryl methyl sites for hydroxylation is 1. The van der Waals surface area contributed by atoms with Gasteiger partial charge in [0.1, 0.15) is 0 Å². The number of hydrogen-bond donors (Lipinski definition) is 1. The molecule has 0 radical (unpaired) electrons. The standard InChI is InChI=1S/C13H13BrN2O/c1-16-8-2-3-11(13(16)17)12(15)9-4-6-10(14)7-5-9/h2-8,12H,15H2,1H3. The zero-order valence-corrected chi connectivity index (χ0v) is 11.0. The predicted molar refractivity (Wildman–Crippen MR) is 71.9 cm³/mol. The van der Waals surface area contributed by atoms with Gasteiger partial charge in [0.15, 0.2) is 0 Å². The maximum absolute atomic E-state index is 11.9. The highest BCUT2D eigenvalue weighted by Crippen LogP contribution is 2.19. The summed E-state index contributed by atoms with van der Waals surface area (Å²) in [7, 11) is 1.72. The highest BCUT2D eigenvalue weighted by atomic mass is 79.9. The fourth-order valence-electron chi connectivity index (χ4n) is 1.70. The molecule has 0 aliphatic carbocycles. The molecule has 0 spiro atoms. The van der Waals surface area contributed by atoms with E-state index in [1.807, 2.05) is 30.3 Å². The van der Waals surface area contributed by atoms with E-state index in [0.717, 1.165) is 10.0 Å². The van der Waals surface area contributed by atoms with Gasteiger partial charge < -0.3 is 10.3 Å². The van der Waals surface area contributed by atoms with Crippen molar-refractivity contribution in [1.82, 2.24) is 4.57 Å². The Balaban J connectivity index is 2.44. The molecule has 0 saturated carbocycles. The molecule has 88 valence electrons. The monoisotopic (exact) mass is 292 g/mol. The molecule has 0 aliphatic rings. The molecule has 1 heterocycles. The second kappa shape index (κ2) is 4.85. The molecule has 0 fully saturated rings. The molecule has 1 unspecified atom stereocenters. The van der Waals surface area contributed by atoms with Crippen LogP contribution in [-0.4, -0.2) is 4.57 Å². The molecule has 0 amide bonds. The lowest BCUT2D eigenvalue weighted by atomic mass is 10.0.